The zero-order valence-corrected chi connectivity index (χ0v) is 13.3. The van der Waals surface area contributed by atoms with Crippen molar-refractivity contribution in [1.82, 2.24) is 10.2 Å². The Kier molecular flexibility index (Phi) is 6.16. The van der Waals surface area contributed by atoms with Crippen LogP contribution in [0.2, 0.25) is 0 Å². The summed E-state index contributed by atoms with van der Waals surface area (Å²) in [6.45, 7) is 1.94. The fourth-order valence-corrected chi connectivity index (χ4v) is 4.13. The second-order valence-corrected chi connectivity index (χ2v) is 6.81. The Labute approximate surface area is 129 Å². The van der Waals surface area contributed by atoms with Crippen molar-refractivity contribution in [2.45, 2.75) is 76.3 Å². The Balaban J connectivity index is 0.00000147. The highest BCUT2D eigenvalue weighted by Gasteiger charge is 2.31. The standard InChI is InChI=1S/C16H28N2O.ClH/c19-16(9-6-13-4-2-1-3-5-13)18-11-10-14-7-8-15(12-18)17-14;/h13-15,17H,1-12H2;1H. The van der Waals surface area contributed by atoms with Gasteiger partial charge < -0.3 is 10.2 Å². The van der Waals surface area contributed by atoms with Gasteiger partial charge in [-0.05, 0) is 31.6 Å². The first kappa shape index (κ1) is 16.1. The molecule has 0 aromatic heterocycles. The quantitative estimate of drug-likeness (QED) is 0.868. The van der Waals surface area contributed by atoms with E-state index in [1.54, 1.807) is 0 Å². The van der Waals surface area contributed by atoms with Crippen LogP contribution in [0.3, 0.4) is 0 Å². The molecule has 1 N–H and O–H groups in total. The first-order chi connectivity index (χ1) is 9.31. The van der Waals surface area contributed by atoms with Gasteiger partial charge in [0.15, 0.2) is 0 Å². The van der Waals surface area contributed by atoms with Gasteiger partial charge >= 0.3 is 0 Å². The third-order valence-electron chi connectivity index (χ3n) is 5.37. The summed E-state index contributed by atoms with van der Waals surface area (Å²) in [5, 5.41) is 3.65. The number of rotatable bonds is 3. The van der Waals surface area contributed by atoms with Crippen molar-refractivity contribution in [2.75, 3.05) is 13.1 Å². The minimum absolute atomic E-state index is 0. The first-order valence-corrected chi connectivity index (χ1v) is 8.35. The largest absolute Gasteiger partial charge is 0.341 e. The number of hydrogen-bond acceptors (Lipinski definition) is 2. The molecular weight excluding hydrogens is 272 g/mol. The van der Waals surface area contributed by atoms with Crippen molar-refractivity contribution < 1.29 is 4.79 Å². The maximum atomic E-state index is 12.4. The molecule has 2 unspecified atom stereocenters. The molecule has 2 saturated heterocycles. The molecule has 2 aliphatic heterocycles. The highest BCUT2D eigenvalue weighted by atomic mass is 35.5. The molecule has 3 rings (SSSR count). The SMILES string of the molecule is Cl.O=C(CCC1CCCCC1)N1CCC2CCC(C1)N2. The number of hydrogen-bond donors (Lipinski definition) is 1. The average Bonchev–Trinajstić information content (AvgIpc) is 2.77. The molecule has 0 aromatic carbocycles. The second kappa shape index (κ2) is 7.65. The number of halogens is 1. The normalized spacial score (nSPS) is 30.7. The zero-order valence-electron chi connectivity index (χ0n) is 12.5. The van der Waals surface area contributed by atoms with Gasteiger partial charge in [0.1, 0.15) is 0 Å². The van der Waals surface area contributed by atoms with Gasteiger partial charge in [-0.3, -0.25) is 4.79 Å². The van der Waals surface area contributed by atoms with Crippen LogP contribution < -0.4 is 5.32 Å². The summed E-state index contributed by atoms with van der Waals surface area (Å²) in [7, 11) is 0. The molecule has 116 valence electrons. The van der Waals surface area contributed by atoms with Crippen LogP contribution in [-0.2, 0) is 4.79 Å². The third kappa shape index (κ3) is 4.11. The lowest BCUT2D eigenvalue weighted by atomic mass is 9.86. The fraction of sp³-hybridized carbons (Fsp3) is 0.938. The molecule has 2 bridgehead atoms. The Hall–Kier alpha value is -0.280. The Morgan fingerprint density at radius 2 is 1.75 bits per heavy atom. The smallest absolute Gasteiger partial charge is 0.222 e. The monoisotopic (exact) mass is 300 g/mol. The van der Waals surface area contributed by atoms with E-state index in [4.69, 9.17) is 0 Å². The molecule has 0 spiro atoms. The molecule has 4 heteroatoms. The van der Waals surface area contributed by atoms with Gasteiger partial charge in [0.05, 0.1) is 0 Å². The van der Waals surface area contributed by atoms with Crippen molar-refractivity contribution in [3.8, 4) is 0 Å². The number of carbonyl (C=O) groups excluding carboxylic acids is 1. The van der Waals surface area contributed by atoms with E-state index in [0.717, 1.165) is 38.3 Å². The van der Waals surface area contributed by atoms with Crippen LogP contribution in [-0.4, -0.2) is 36.0 Å². The van der Waals surface area contributed by atoms with Gasteiger partial charge in [-0.15, -0.1) is 12.4 Å². The predicted molar refractivity (Wildman–Crippen MR) is 84.2 cm³/mol. The van der Waals surface area contributed by atoms with Crippen molar-refractivity contribution in [1.29, 1.82) is 0 Å². The van der Waals surface area contributed by atoms with Gasteiger partial charge in [-0.1, -0.05) is 32.1 Å². The molecule has 0 radical (unpaired) electrons. The molecule has 3 aliphatic rings. The van der Waals surface area contributed by atoms with Crippen LogP contribution in [0.25, 0.3) is 0 Å². The highest BCUT2D eigenvalue weighted by Crippen LogP contribution is 2.28. The first-order valence-electron chi connectivity index (χ1n) is 8.35. The van der Waals surface area contributed by atoms with Gasteiger partial charge in [0.2, 0.25) is 5.91 Å². The number of amides is 1. The Morgan fingerprint density at radius 3 is 2.55 bits per heavy atom. The van der Waals surface area contributed by atoms with Gasteiger partial charge in [-0.25, -0.2) is 0 Å². The molecule has 1 aliphatic carbocycles. The molecule has 20 heavy (non-hydrogen) atoms. The van der Waals surface area contributed by atoms with Crippen LogP contribution in [0, 0.1) is 5.92 Å². The topological polar surface area (TPSA) is 32.3 Å². The molecule has 1 amide bonds. The molecule has 1 saturated carbocycles. The number of carbonyl (C=O) groups is 1. The van der Waals surface area contributed by atoms with Gasteiger partial charge in [0, 0.05) is 31.6 Å². The maximum absolute atomic E-state index is 12.4. The number of nitrogens with zero attached hydrogens (tertiary/aromatic N) is 1. The van der Waals surface area contributed by atoms with E-state index < -0.39 is 0 Å². The van der Waals surface area contributed by atoms with E-state index in [1.807, 2.05) is 0 Å². The fourth-order valence-electron chi connectivity index (χ4n) is 4.13. The molecule has 2 heterocycles. The lowest BCUT2D eigenvalue weighted by Crippen LogP contribution is -2.39. The van der Waals surface area contributed by atoms with E-state index in [2.05, 4.69) is 10.2 Å². The van der Waals surface area contributed by atoms with Crippen molar-refractivity contribution in [3.63, 3.8) is 0 Å². The van der Waals surface area contributed by atoms with Crippen LogP contribution in [0.4, 0.5) is 0 Å². The number of nitrogens with one attached hydrogen (secondary N) is 1. The highest BCUT2D eigenvalue weighted by molar-refractivity contribution is 5.85. The van der Waals surface area contributed by atoms with E-state index in [-0.39, 0.29) is 12.4 Å². The van der Waals surface area contributed by atoms with Gasteiger partial charge in [0.25, 0.3) is 0 Å². The van der Waals surface area contributed by atoms with Crippen LogP contribution >= 0.6 is 12.4 Å². The summed E-state index contributed by atoms with van der Waals surface area (Å²) < 4.78 is 0. The molecular formula is C16H29ClN2O. The molecule has 3 fully saturated rings. The van der Waals surface area contributed by atoms with E-state index >= 15 is 0 Å². The summed E-state index contributed by atoms with van der Waals surface area (Å²) in [6, 6.07) is 1.26. The van der Waals surface area contributed by atoms with Crippen molar-refractivity contribution in [3.05, 3.63) is 0 Å². The summed E-state index contributed by atoms with van der Waals surface area (Å²) in [5.74, 6) is 1.25. The van der Waals surface area contributed by atoms with Crippen LogP contribution in [0.1, 0.15) is 64.2 Å². The van der Waals surface area contributed by atoms with Crippen LogP contribution in [0.5, 0.6) is 0 Å². The lowest BCUT2D eigenvalue weighted by molar-refractivity contribution is -0.131. The minimum atomic E-state index is 0. The summed E-state index contributed by atoms with van der Waals surface area (Å²) in [4.78, 5) is 14.5. The molecule has 2 atom stereocenters. The third-order valence-corrected chi connectivity index (χ3v) is 5.37. The van der Waals surface area contributed by atoms with Crippen molar-refractivity contribution >= 4 is 18.3 Å². The zero-order chi connectivity index (χ0) is 13.1. The Bertz CT molecular complexity index is 318. The summed E-state index contributed by atoms with van der Waals surface area (Å²) in [6.07, 6.45) is 12.6. The maximum Gasteiger partial charge on any atom is 0.222 e. The second-order valence-electron chi connectivity index (χ2n) is 6.81. The number of likely N-dealkylation sites (tertiary alicyclic amines) is 1. The van der Waals surface area contributed by atoms with Crippen molar-refractivity contribution in [2.24, 2.45) is 5.92 Å². The van der Waals surface area contributed by atoms with Gasteiger partial charge in [-0.2, -0.15) is 0 Å². The summed E-state index contributed by atoms with van der Waals surface area (Å²) >= 11 is 0. The predicted octanol–water partition coefficient (Wildman–Crippen LogP) is 3.12. The van der Waals surface area contributed by atoms with Crippen LogP contribution in [0.15, 0.2) is 0 Å². The average molecular weight is 301 g/mol. The van der Waals surface area contributed by atoms with E-state index in [1.165, 1.54) is 44.9 Å². The Morgan fingerprint density at radius 1 is 1.00 bits per heavy atom. The molecule has 3 nitrogen and oxygen atoms in total. The summed E-state index contributed by atoms with van der Waals surface area (Å²) in [5.41, 5.74) is 0. The van der Waals surface area contributed by atoms with E-state index in [0.29, 0.717) is 18.0 Å². The number of fused-ring (bicyclic) bond motifs is 2. The lowest BCUT2D eigenvalue weighted by Gasteiger charge is -2.26. The molecule has 0 aromatic rings. The van der Waals surface area contributed by atoms with E-state index in [9.17, 15) is 4.79 Å². The minimum Gasteiger partial charge on any atom is -0.341 e.